The van der Waals surface area contributed by atoms with E-state index in [0.717, 1.165) is 75.4 Å². The number of ether oxygens (including phenoxy) is 4. The highest BCUT2D eigenvalue weighted by molar-refractivity contribution is 7.14. The highest BCUT2D eigenvalue weighted by atomic mass is 32.1. The maximum atomic E-state index is 14.0. The molecule has 3 spiro atoms. The van der Waals surface area contributed by atoms with Gasteiger partial charge in [0.05, 0.1) is 34.9 Å². The number of esters is 2. The van der Waals surface area contributed by atoms with Crippen molar-refractivity contribution in [3.63, 3.8) is 0 Å². The molecule has 7 fully saturated rings. The third-order valence-corrected chi connectivity index (χ3v) is 20.0. The van der Waals surface area contributed by atoms with Crippen LogP contribution >= 0.6 is 11.3 Å². The van der Waals surface area contributed by atoms with Crippen molar-refractivity contribution < 1.29 is 48.3 Å². The van der Waals surface area contributed by atoms with Crippen molar-refractivity contribution in [2.75, 3.05) is 26.2 Å². The summed E-state index contributed by atoms with van der Waals surface area (Å²) in [5.74, 6) is 1.73. The summed E-state index contributed by atoms with van der Waals surface area (Å²) in [7, 11) is 0. The number of aliphatic hydroxyl groups is 2. The van der Waals surface area contributed by atoms with Crippen molar-refractivity contribution in [1.29, 1.82) is 0 Å². The van der Waals surface area contributed by atoms with Gasteiger partial charge in [0, 0.05) is 70.9 Å². The molecule has 0 radical (unpaired) electrons. The van der Waals surface area contributed by atoms with Gasteiger partial charge in [-0.15, -0.1) is 11.3 Å². The van der Waals surface area contributed by atoms with Crippen LogP contribution in [0.3, 0.4) is 0 Å². The van der Waals surface area contributed by atoms with Gasteiger partial charge in [-0.05, 0) is 117 Å². The molecule has 11 aliphatic rings. The molecule has 7 aliphatic carbocycles. The van der Waals surface area contributed by atoms with E-state index < -0.39 is 46.2 Å². The van der Waals surface area contributed by atoms with E-state index in [1.165, 1.54) is 37.0 Å². The number of hydrogen-bond acceptors (Lipinski definition) is 13. The van der Waals surface area contributed by atoms with Gasteiger partial charge in [0.15, 0.2) is 46.8 Å². The van der Waals surface area contributed by atoms with Crippen LogP contribution in [0.2, 0.25) is 0 Å². The lowest BCUT2D eigenvalue weighted by molar-refractivity contribution is -0.188. The number of ketones is 2. The average molecular weight is 909 g/mol. The lowest BCUT2D eigenvalue weighted by Gasteiger charge is -2.62. The van der Waals surface area contributed by atoms with E-state index >= 15 is 0 Å². The topological polar surface area (TPSA) is 152 Å². The Labute approximate surface area is 385 Å². The molecule has 5 saturated carbocycles. The van der Waals surface area contributed by atoms with Crippen LogP contribution in [0.1, 0.15) is 96.2 Å². The van der Waals surface area contributed by atoms with Gasteiger partial charge in [0.2, 0.25) is 0 Å². The van der Waals surface area contributed by atoms with Crippen LogP contribution in [0.5, 0.6) is 23.0 Å². The summed E-state index contributed by atoms with van der Waals surface area (Å²) in [6, 6.07) is 15.2. The first-order valence-corrected chi connectivity index (χ1v) is 25.3. The zero-order valence-corrected chi connectivity index (χ0v) is 37.6. The van der Waals surface area contributed by atoms with Crippen LogP contribution < -0.4 is 18.9 Å². The molecule has 12 nitrogen and oxygen atoms in total. The van der Waals surface area contributed by atoms with E-state index in [1.54, 1.807) is 12.1 Å². The number of Topliss-reactive ketones (excluding diaryl/α,β-unsaturated/α-hetero) is 2. The first-order valence-electron chi connectivity index (χ1n) is 24.5. The van der Waals surface area contributed by atoms with Crippen molar-refractivity contribution in [3.8, 4) is 23.0 Å². The predicted octanol–water partition coefficient (Wildman–Crippen LogP) is 5.46. The highest BCUT2D eigenvalue weighted by Gasteiger charge is 2.83. The molecule has 13 heteroatoms. The average Bonchev–Trinajstić information content (AvgIpc) is 4.19. The van der Waals surface area contributed by atoms with E-state index in [2.05, 4.69) is 9.80 Å². The monoisotopic (exact) mass is 908 g/mol. The van der Waals surface area contributed by atoms with Crippen molar-refractivity contribution in [2.24, 2.45) is 17.3 Å². The second-order valence-electron chi connectivity index (χ2n) is 22.3. The molecular weight excluding hydrogens is 857 g/mol. The number of carbonyl (C=O) groups excluding carboxylic acids is 4. The zero-order chi connectivity index (χ0) is 44.3. The SMILES string of the molecule is O=C(Cc1sc(CC(=O)Oc2ccc3c4c2O[C@H]2C(=O)CC[C@@]5(O)[C@@H](C3)N(CC3CC3)CC[C@]425)c2ccccc12)Oc1ccc2c3c1O[C@H]1C(=O)CC[C@@]4(O)[C@@H]5N(CC6CC6)CC5(C2)C[C@]314. The van der Waals surface area contributed by atoms with Gasteiger partial charge in [-0.2, -0.15) is 0 Å². The molecule has 0 amide bonds. The van der Waals surface area contributed by atoms with Gasteiger partial charge in [-0.25, -0.2) is 0 Å². The third kappa shape index (κ3) is 4.84. The Morgan fingerprint density at radius 1 is 0.712 bits per heavy atom. The number of thiophene rings is 1. The minimum atomic E-state index is -1.11. The molecule has 1 aromatic heterocycles. The molecule has 3 aromatic carbocycles. The standard InChI is InChI=1S/C53H52N2O10S/c56-33-13-15-52(60)39-19-29-9-11-35(44-42(29)50(52,46(33)64-44)17-18-54(39)23-27-5-6-27)62-40(58)20-37-31-3-1-2-4-32(31)38(66-37)21-41(59)63-36-12-10-30-22-49-25-51-43(30)45(36)65-47(51)34(57)14-16-53(51,61)48(49)55(26-49)24-28-7-8-28/h1-4,9-12,27-28,39,46-48,60-61H,5-8,13-26H2/t39-,46+,47+,48-,49?,50+,51+,52-,53-/m1/s1. The van der Waals surface area contributed by atoms with E-state index in [0.29, 0.717) is 55.4 Å². The molecule has 5 heterocycles. The van der Waals surface area contributed by atoms with Crippen LogP contribution in [0.4, 0.5) is 0 Å². The third-order valence-electron chi connectivity index (χ3n) is 18.8. The van der Waals surface area contributed by atoms with Gasteiger partial charge >= 0.3 is 11.9 Å². The molecule has 1 unspecified atom stereocenters. The van der Waals surface area contributed by atoms with Crippen molar-refractivity contribution in [3.05, 3.63) is 80.5 Å². The Kier molecular flexibility index (Phi) is 7.69. The summed E-state index contributed by atoms with van der Waals surface area (Å²) in [6.07, 6.45) is 7.30. The number of rotatable bonds is 10. The molecular formula is C53H52N2O10S. The first-order chi connectivity index (χ1) is 31.9. The summed E-state index contributed by atoms with van der Waals surface area (Å²) in [5, 5.41) is 27.3. The lowest BCUT2D eigenvalue weighted by atomic mass is 9.49. The zero-order valence-electron chi connectivity index (χ0n) is 36.8. The Hall–Kier alpha value is -4.66. The molecule has 340 valence electrons. The molecule has 4 aromatic rings. The predicted molar refractivity (Wildman–Crippen MR) is 239 cm³/mol. The van der Waals surface area contributed by atoms with E-state index in [9.17, 15) is 29.4 Å². The molecule has 66 heavy (non-hydrogen) atoms. The minimum absolute atomic E-state index is 0.00300. The van der Waals surface area contributed by atoms with Crippen molar-refractivity contribution >= 4 is 45.6 Å². The fourth-order valence-electron chi connectivity index (χ4n) is 16.1. The highest BCUT2D eigenvalue weighted by Crippen LogP contribution is 2.75. The Morgan fingerprint density at radius 2 is 1.29 bits per heavy atom. The van der Waals surface area contributed by atoms with Gasteiger partial charge < -0.3 is 29.2 Å². The van der Waals surface area contributed by atoms with Crippen molar-refractivity contribution in [2.45, 2.75) is 136 Å². The van der Waals surface area contributed by atoms with Crippen LogP contribution in [0.25, 0.3) is 10.8 Å². The second kappa shape index (κ2) is 12.9. The number of carbonyl (C=O) groups is 4. The Balaban J connectivity index is 0.697. The number of likely N-dealkylation sites (tertiary alicyclic amines) is 2. The number of nitrogens with zero attached hydrogens (tertiary/aromatic N) is 2. The maximum Gasteiger partial charge on any atom is 0.316 e. The van der Waals surface area contributed by atoms with E-state index in [-0.39, 0.29) is 66.2 Å². The Bertz CT molecular complexity index is 2920. The number of benzene rings is 3. The van der Waals surface area contributed by atoms with Crippen molar-refractivity contribution in [1.82, 2.24) is 9.80 Å². The number of hydrogen-bond donors (Lipinski definition) is 2. The molecule has 2 saturated heterocycles. The van der Waals surface area contributed by atoms with Gasteiger partial charge in [-0.1, -0.05) is 36.4 Å². The summed E-state index contributed by atoms with van der Waals surface area (Å²) in [6.45, 7) is 3.69. The summed E-state index contributed by atoms with van der Waals surface area (Å²) >= 11 is 1.37. The maximum absolute atomic E-state index is 14.0. The fourth-order valence-corrected chi connectivity index (χ4v) is 17.4. The molecule has 4 aliphatic heterocycles. The summed E-state index contributed by atoms with van der Waals surface area (Å²) in [5.41, 5.74) is -0.196. The second-order valence-corrected chi connectivity index (χ2v) is 23.5. The molecule has 2 N–H and O–H groups in total. The molecule has 9 atom stereocenters. The lowest BCUT2D eigenvalue weighted by Crippen LogP contribution is -2.76. The number of piperidine rings is 1. The summed E-state index contributed by atoms with van der Waals surface area (Å²) < 4.78 is 25.5. The van der Waals surface area contributed by atoms with E-state index in [1.807, 2.05) is 36.4 Å². The smallest absolute Gasteiger partial charge is 0.316 e. The molecule has 15 rings (SSSR count). The fraction of sp³-hybridized carbons (Fsp3) is 0.547. The van der Waals surface area contributed by atoms with Crippen LogP contribution in [0, 0.1) is 17.3 Å². The van der Waals surface area contributed by atoms with Crippen LogP contribution in [0.15, 0.2) is 48.5 Å². The Morgan fingerprint density at radius 3 is 1.92 bits per heavy atom. The van der Waals surface area contributed by atoms with Crippen LogP contribution in [-0.2, 0) is 55.7 Å². The van der Waals surface area contributed by atoms with Gasteiger partial charge in [0.25, 0.3) is 0 Å². The largest absolute Gasteiger partial charge is 0.477 e. The minimum Gasteiger partial charge on any atom is -0.477 e. The summed E-state index contributed by atoms with van der Waals surface area (Å²) in [4.78, 5) is 61.9. The quantitative estimate of drug-likeness (QED) is 0.154. The number of fused-ring (bicyclic) bond motifs is 2. The first kappa shape index (κ1) is 39.3. The van der Waals surface area contributed by atoms with Crippen LogP contribution in [-0.4, -0.2) is 105 Å². The van der Waals surface area contributed by atoms with Gasteiger partial charge in [0.1, 0.15) is 0 Å². The molecule has 4 bridgehead atoms. The normalized spacial score (nSPS) is 37.1. The van der Waals surface area contributed by atoms with E-state index in [4.69, 9.17) is 18.9 Å². The van der Waals surface area contributed by atoms with Gasteiger partial charge in [-0.3, -0.25) is 29.0 Å².